The van der Waals surface area contributed by atoms with E-state index in [1.54, 1.807) is 0 Å². The van der Waals surface area contributed by atoms with Crippen LogP contribution in [0.4, 0.5) is 4.39 Å². The summed E-state index contributed by atoms with van der Waals surface area (Å²) in [5.74, 6) is -0.00424. The van der Waals surface area contributed by atoms with Crippen molar-refractivity contribution < 1.29 is 14.3 Å². The summed E-state index contributed by atoms with van der Waals surface area (Å²) in [5.41, 5.74) is -0.0101. The van der Waals surface area contributed by atoms with Crippen molar-refractivity contribution in [1.29, 1.82) is 0 Å². The lowest BCUT2D eigenvalue weighted by molar-refractivity contribution is 0.0906. The highest BCUT2D eigenvalue weighted by molar-refractivity contribution is 5.94. The van der Waals surface area contributed by atoms with Crippen LogP contribution in [0.2, 0.25) is 0 Å². The molecule has 0 spiro atoms. The lowest BCUT2D eigenvalue weighted by Crippen LogP contribution is -2.40. The number of rotatable bonds is 2. The fraction of sp³-hybridized carbons (Fsp3) is 0.533. The summed E-state index contributed by atoms with van der Waals surface area (Å²) >= 11 is 0. The number of phenolic OH excluding ortho intramolecular Hbond substituents is 1. The minimum atomic E-state index is -0.685. The standard InChI is InChI=1S/C15H20FNO2/c1-9-3-4-11(7-10(9)2)17-15(19)13-6-5-12(18)8-14(13)16/h5-6,8-11,18H,3-4,7H2,1-2H3,(H,17,19). The Labute approximate surface area is 112 Å². The Bertz CT molecular complexity index is 475. The van der Waals surface area contributed by atoms with E-state index in [4.69, 9.17) is 5.11 Å². The number of nitrogens with one attached hydrogen (secondary N) is 1. The molecule has 3 unspecified atom stereocenters. The highest BCUT2D eigenvalue weighted by Gasteiger charge is 2.26. The van der Waals surface area contributed by atoms with Gasteiger partial charge in [-0.3, -0.25) is 4.79 Å². The van der Waals surface area contributed by atoms with Crippen molar-refractivity contribution in [3.8, 4) is 5.75 Å². The molecule has 0 saturated heterocycles. The molecule has 19 heavy (non-hydrogen) atoms. The number of carbonyl (C=O) groups is 1. The third-order valence-electron chi connectivity index (χ3n) is 4.13. The topological polar surface area (TPSA) is 49.3 Å². The maximum absolute atomic E-state index is 13.6. The second-order valence-corrected chi connectivity index (χ2v) is 5.60. The molecule has 0 radical (unpaired) electrons. The van der Waals surface area contributed by atoms with Gasteiger partial charge in [0.15, 0.2) is 0 Å². The van der Waals surface area contributed by atoms with Gasteiger partial charge in [-0.15, -0.1) is 0 Å². The van der Waals surface area contributed by atoms with E-state index >= 15 is 0 Å². The van der Waals surface area contributed by atoms with Gasteiger partial charge in [0.2, 0.25) is 0 Å². The molecule has 4 heteroatoms. The maximum Gasteiger partial charge on any atom is 0.254 e. The van der Waals surface area contributed by atoms with Gasteiger partial charge in [0.05, 0.1) is 5.56 Å². The van der Waals surface area contributed by atoms with Crippen molar-refractivity contribution in [2.75, 3.05) is 0 Å². The van der Waals surface area contributed by atoms with E-state index in [0.717, 1.165) is 25.3 Å². The molecule has 1 saturated carbocycles. The first-order chi connectivity index (χ1) is 8.97. The van der Waals surface area contributed by atoms with Crippen molar-refractivity contribution in [3.05, 3.63) is 29.6 Å². The molecule has 1 amide bonds. The van der Waals surface area contributed by atoms with E-state index in [-0.39, 0.29) is 17.4 Å². The average molecular weight is 265 g/mol. The van der Waals surface area contributed by atoms with Gasteiger partial charge in [0.1, 0.15) is 11.6 Å². The number of aromatic hydroxyl groups is 1. The van der Waals surface area contributed by atoms with Crippen LogP contribution in [-0.2, 0) is 0 Å². The summed E-state index contributed by atoms with van der Waals surface area (Å²) in [6, 6.07) is 3.71. The highest BCUT2D eigenvalue weighted by atomic mass is 19.1. The van der Waals surface area contributed by atoms with Crippen LogP contribution >= 0.6 is 0 Å². The molecule has 0 heterocycles. The van der Waals surface area contributed by atoms with Crippen molar-refractivity contribution in [2.24, 2.45) is 11.8 Å². The smallest absolute Gasteiger partial charge is 0.254 e. The maximum atomic E-state index is 13.6. The van der Waals surface area contributed by atoms with Crippen LogP contribution in [-0.4, -0.2) is 17.1 Å². The monoisotopic (exact) mass is 265 g/mol. The summed E-state index contributed by atoms with van der Waals surface area (Å²) in [6.07, 6.45) is 2.97. The van der Waals surface area contributed by atoms with Crippen LogP contribution in [0.1, 0.15) is 43.5 Å². The molecule has 3 nitrogen and oxygen atoms in total. The molecule has 2 N–H and O–H groups in total. The molecule has 1 aliphatic carbocycles. The second kappa shape index (κ2) is 5.59. The molecular formula is C15H20FNO2. The Morgan fingerprint density at radius 3 is 2.68 bits per heavy atom. The first kappa shape index (κ1) is 13.8. The summed E-state index contributed by atoms with van der Waals surface area (Å²) in [7, 11) is 0. The summed E-state index contributed by atoms with van der Waals surface area (Å²) in [4.78, 5) is 12.0. The third-order valence-corrected chi connectivity index (χ3v) is 4.13. The van der Waals surface area contributed by atoms with Gasteiger partial charge >= 0.3 is 0 Å². The molecule has 104 valence electrons. The fourth-order valence-electron chi connectivity index (χ4n) is 2.63. The quantitative estimate of drug-likeness (QED) is 0.863. The molecule has 0 aromatic heterocycles. The largest absolute Gasteiger partial charge is 0.508 e. The molecule has 1 aliphatic rings. The predicted molar refractivity (Wildman–Crippen MR) is 71.5 cm³/mol. The van der Waals surface area contributed by atoms with E-state index < -0.39 is 11.7 Å². The SMILES string of the molecule is CC1CCC(NC(=O)c2ccc(O)cc2F)CC1C. The van der Waals surface area contributed by atoms with Crippen LogP contribution in [0, 0.1) is 17.7 Å². The van der Waals surface area contributed by atoms with Gasteiger partial charge in [0, 0.05) is 12.1 Å². The number of carbonyl (C=O) groups excluding carboxylic acids is 1. The second-order valence-electron chi connectivity index (χ2n) is 5.60. The molecule has 2 rings (SSSR count). The Kier molecular flexibility index (Phi) is 4.08. The Morgan fingerprint density at radius 1 is 1.32 bits per heavy atom. The highest BCUT2D eigenvalue weighted by Crippen LogP contribution is 2.29. The molecule has 1 aromatic rings. The zero-order chi connectivity index (χ0) is 14.0. The summed E-state index contributed by atoms with van der Waals surface area (Å²) in [6.45, 7) is 4.41. The average Bonchev–Trinajstić information content (AvgIpc) is 2.33. The van der Waals surface area contributed by atoms with Gasteiger partial charge in [-0.05, 0) is 43.2 Å². The van der Waals surface area contributed by atoms with E-state index in [0.29, 0.717) is 11.8 Å². The van der Waals surface area contributed by atoms with E-state index in [1.165, 1.54) is 12.1 Å². The van der Waals surface area contributed by atoms with Gasteiger partial charge in [-0.1, -0.05) is 13.8 Å². The lowest BCUT2D eigenvalue weighted by atomic mass is 9.79. The van der Waals surface area contributed by atoms with Crippen molar-refractivity contribution >= 4 is 5.91 Å². The minimum absolute atomic E-state index is 0.0101. The van der Waals surface area contributed by atoms with Gasteiger partial charge in [0.25, 0.3) is 5.91 Å². The van der Waals surface area contributed by atoms with Crippen LogP contribution < -0.4 is 5.32 Å². The molecule has 0 bridgehead atoms. The van der Waals surface area contributed by atoms with Crippen molar-refractivity contribution in [1.82, 2.24) is 5.32 Å². The minimum Gasteiger partial charge on any atom is -0.508 e. The molecule has 1 fully saturated rings. The zero-order valence-corrected chi connectivity index (χ0v) is 11.3. The fourth-order valence-corrected chi connectivity index (χ4v) is 2.63. The van der Waals surface area contributed by atoms with Gasteiger partial charge in [-0.25, -0.2) is 4.39 Å². The van der Waals surface area contributed by atoms with Crippen LogP contribution in [0.15, 0.2) is 18.2 Å². The Balaban J connectivity index is 2.01. The predicted octanol–water partition coefficient (Wildman–Crippen LogP) is 3.09. The number of amides is 1. The Hall–Kier alpha value is -1.58. The van der Waals surface area contributed by atoms with Crippen LogP contribution in [0.25, 0.3) is 0 Å². The number of phenols is 1. The summed E-state index contributed by atoms with van der Waals surface area (Å²) < 4.78 is 13.6. The zero-order valence-electron chi connectivity index (χ0n) is 11.3. The molecule has 1 aromatic carbocycles. The van der Waals surface area contributed by atoms with E-state index in [2.05, 4.69) is 19.2 Å². The third kappa shape index (κ3) is 3.25. The normalized spacial score (nSPS) is 27.0. The van der Waals surface area contributed by atoms with Crippen molar-refractivity contribution in [2.45, 2.75) is 39.2 Å². The van der Waals surface area contributed by atoms with Crippen LogP contribution in [0.5, 0.6) is 5.75 Å². The Morgan fingerprint density at radius 2 is 2.05 bits per heavy atom. The van der Waals surface area contributed by atoms with Gasteiger partial charge in [-0.2, -0.15) is 0 Å². The van der Waals surface area contributed by atoms with E-state index in [1.807, 2.05) is 0 Å². The number of hydrogen-bond donors (Lipinski definition) is 2. The van der Waals surface area contributed by atoms with Gasteiger partial charge < -0.3 is 10.4 Å². The number of hydrogen-bond acceptors (Lipinski definition) is 2. The lowest BCUT2D eigenvalue weighted by Gasteiger charge is -2.32. The summed E-state index contributed by atoms with van der Waals surface area (Å²) in [5, 5.41) is 12.0. The van der Waals surface area contributed by atoms with E-state index in [9.17, 15) is 9.18 Å². The number of halogens is 1. The molecule has 3 atom stereocenters. The molecule has 0 aliphatic heterocycles. The van der Waals surface area contributed by atoms with Crippen molar-refractivity contribution in [3.63, 3.8) is 0 Å². The van der Waals surface area contributed by atoms with Crippen LogP contribution in [0.3, 0.4) is 0 Å². The number of benzene rings is 1. The molecular weight excluding hydrogens is 245 g/mol. The first-order valence-electron chi connectivity index (χ1n) is 6.76. The first-order valence-corrected chi connectivity index (χ1v) is 6.76.